The number of carbonyl (C=O) groups excluding carboxylic acids is 1. The van der Waals surface area contributed by atoms with E-state index in [9.17, 15) is 15.0 Å². The number of ether oxygens (including phenoxy) is 1. The van der Waals surface area contributed by atoms with Crippen LogP contribution in [-0.4, -0.2) is 28.3 Å². The summed E-state index contributed by atoms with van der Waals surface area (Å²) in [5.41, 5.74) is 0.125. The number of rotatable bonds is 1. The highest BCUT2D eigenvalue weighted by molar-refractivity contribution is 5.95. The smallest absolute Gasteiger partial charge is 0.356 e. The number of fused-ring (bicyclic) bond motifs is 1. The van der Waals surface area contributed by atoms with Gasteiger partial charge in [0.05, 0.1) is 7.11 Å². The van der Waals surface area contributed by atoms with Gasteiger partial charge in [-0.1, -0.05) is 0 Å². The van der Waals surface area contributed by atoms with Crippen LogP contribution in [0.5, 0.6) is 11.5 Å². The van der Waals surface area contributed by atoms with Crippen molar-refractivity contribution < 1.29 is 19.7 Å². The second kappa shape index (κ2) is 3.69. The van der Waals surface area contributed by atoms with Crippen molar-refractivity contribution in [2.75, 3.05) is 7.11 Å². The number of benzene rings is 1. The van der Waals surface area contributed by atoms with E-state index in [1.54, 1.807) is 0 Å². The zero-order valence-corrected chi connectivity index (χ0v) is 8.47. The third-order valence-electron chi connectivity index (χ3n) is 2.19. The molecule has 82 valence electrons. The van der Waals surface area contributed by atoms with Gasteiger partial charge in [-0.2, -0.15) is 0 Å². The van der Waals surface area contributed by atoms with Crippen LogP contribution in [0.1, 0.15) is 10.5 Å². The SMILES string of the molecule is COC(=O)c1cc2cc(O)cc(O)c2cn1. The Balaban J connectivity index is 2.66. The van der Waals surface area contributed by atoms with Crippen LogP contribution >= 0.6 is 0 Å². The van der Waals surface area contributed by atoms with E-state index < -0.39 is 5.97 Å². The Kier molecular flexibility index (Phi) is 2.36. The van der Waals surface area contributed by atoms with Crippen LogP contribution < -0.4 is 0 Å². The fourth-order valence-electron chi connectivity index (χ4n) is 1.44. The maximum Gasteiger partial charge on any atom is 0.356 e. The summed E-state index contributed by atoms with van der Waals surface area (Å²) in [6.45, 7) is 0. The van der Waals surface area contributed by atoms with Gasteiger partial charge in [-0.3, -0.25) is 0 Å². The number of hydrogen-bond donors (Lipinski definition) is 2. The summed E-state index contributed by atoms with van der Waals surface area (Å²) >= 11 is 0. The molecule has 2 aromatic rings. The summed E-state index contributed by atoms with van der Waals surface area (Å²) < 4.78 is 4.52. The topological polar surface area (TPSA) is 79.7 Å². The maximum atomic E-state index is 11.2. The highest BCUT2D eigenvalue weighted by atomic mass is 16.5. The van der Waals surface area contributed by atoms with Crippen LogP contribution in [0.25, 0.3) is 10.8 Å². The molecule has 0 aliphatic carbocycles. The number of carbonyl (C=O) groups is 1. The van der Waals surface area contributed by atoms with Gasteiger partial charge in [-0.15, -0.1) is 0 Å². The van der Waals surface area contributed by atoms with Crippen molar-refractivity contribution in [3.8, 4) is 11.5 Å². The number of pyridine rings is 1. The Bertz CT molecular complexity index is 565. The minimum Gasteiger partial charge on any atom is -0.508 e. The van der Waals surface area contributed by atoms with Crippen molar-refractivity contribution in [3.63, 3.8) is 0 Å². The highest BCUT2D eigenvalue weighted by Crippen LogP contribution is 2.29. The van der Waals surface area contributed by atoms with Crippen LogP contribution in [0.3, 0.4) is 0 Å². The molecule has 0 saturated heterocycles. The number of aromatic nitrogens is 1. The molecule has 2 N–H and O–H groups in total. The summed E-state index contributed by atoms with van der Waals surface area (Å²) in [7, 11) is 1.26. The number of nitrogens with zero attached hydrogens (tertiary/aromatic N) is 1. The number of hydrogen-bond acceptors (Lipinski definition) is 5. The van der Waals surface area contributed by atoms with E-state index >= 15 is 0 Å². The molecule has 5 nitrogen and oxygen atoms in total. The summed E-state index contributed by atoms with van der Waals surface area (Å²) in [5, 5.41) is 19.8. The van der Waals surface area contributed by atoms with E-state index in [1.165, 1.54) is 31.5 Å². The monoisotopic (exact) mass is 219 g/mol. The molecule has 0 aliphatic heterocycles. The zero-order valence-electron chi connectivity index (χ0n) is 8.47. The number of phenolic OH excluding ortho intramolecular Hbond substituents is 2. The normalized spacial score (nSPS) is 10.3. The average Bonchev–Trinajstić information content (AvgIpc) is 2.27. The molecule has 0 spiro atoms. The van der Waals surface area contributed by atoms with Gasteiger partial charge in [-0.05, 0) is 17.5 Å². The number of esters is 1. The molecular formula is C11H9NO4. The number of phenols is 2. The van der Waals surface area contributed by atoms with Gasteiger partial charge in [0, 0.05) is 17.6 Å². The Morgan fingerprint density at radius 1 is 1.31 bits per heavy atom. The first-order valence-corrected chi connectivity index (χ1v) is 4.52. The van der Waals surface area contributed by atoms with Gasteiger partial charge < -0.3 is 14.9 Å². The second-order valence-corrected chi connectivity index (χ2v) is 3.25. The molecular weight excluding hydrogens is 210 g/mol. The predicted molar refractivity (Wildman–Crippen MR) is 56.4 cm³/mol. The van der Waals surface area contributed by atoms with Crippen molar-refractivity contribution in [2.45, 2.75) is 0 Å². The van der Waals surface area contributed by atoms with Crippen molar-refractivity contribution in [1.82, 2.24) is 4.98 Å². The Morgan fingerprint density at radius 2 is 2.06 bits per heavy atom. The lowest BCUT2D eigenvalue weighted by atomic mass is 10.1. The second-order valence-electron chi connectivity index (χ2n) is 3.25. The van der Waals surface area contributed by atoms with E-state index in [2.05, 4.69) is 9.72 Å². The van der Waals surface area contributed by atoms with Gasteiger partial charge in [0.1, 0.15) is 17.2 Å². The van der Waals surface area contributed by atoms with Crippen LogP contribution in [0.15, 0.2) is 24.4 Å². The quantitative estimate of drug-likeness (QED) is 0.709. The highest BCUT2D eigenvalue weighted by Gasteiger charge is 2.10. The summed E-state index contributed by atoms with van der Waals surface area (Å²) in [5.74, 6) is -0.726. The van der Waals surface area contributed by atoms with Crippen LogP contribution in [0, 0.1) is 0 Å². The van der Waals surface area contributed by atoms with Gasteiger partial charge >= 0.3 is 5.97 Å². The molecule has 1 aromatic heterocycles. The lowest BCUT2D eigenvalue weighted by molar-refractivity contribution is 0.0594. The van der Waals surface area contributed by atoms with E-state index in [-0.39, 0.29) is 17.2 Å². The third kappa shape index (κ3) is 1.63. The Hall–Kier alpha value is -2.30. The third-order valence-corrected chi connectivity index (χ3v) is 2.19. The average molecular weight is 219 g/mol. The molecule has 0 bridgehead atoms. The van der Waals surface area contributed by atoms with E-state index in [0.29, 0.717) is 10.8 Å². The van der Waals surface area contributed by atoms with E-state index in [4.69, 9.17) is 0 Å². The van der Waals surface area contributed by atoms with Crippen LogP contribution in [-0.2, 0) is 4.74 Å². The number of aromatic hydroxyl groups is 2. The van der Waals surface area contributed by atoms with Gasteiger partial charge in [0.15, 0.2) is 0 Å². The largest absolute Gasteiger partial charge is 0.508 e. The first-order valence-electron chi connectivity index (χ1n) is 4.52. The summed E-state index contributed by atoms with van der Waals surface area (Å²) in [6.07, 6.45) is 1.36. The molecule has 1 heterocycles. The van der Waals surface area contributed by atoms with Gasteiger partial charge in [0.25, 0.3) is 0 Å². The van der Waals surface area contributed by atoms with Crippen LogP contribution in [0.4, 0.5) is 0 Å². The lowest BCUT2D eigenvalue weighted by Crippen LogP contribution is -2.03. The molecule has 0 fully saturated rings. The number of methoxy groups -OCH3 is 1. The fraction of sp³-hybridized carbons (Fsp3) is 0.0909. The Labute approximate surface area is 90.9 Å². The van der Waals surface area contributed by atoms with Crippen molar-refractivity contribution >= 4 is 16.7 Å². The zero-order chi connectivity index (χ0) is 11.7. The minimum atomic E-state index is -0.565. The van der Waals surface area contributed by atoms with Gasteiger partial charge in [-0.25, -0.2) is 9.78 Å². The van der Waals surface area contributed by atoms with Gasteiger partial charge in [0.2, 0.25) is 0 Å². The molecule has 0 unspecified atom stereocenters. The maximum absolute atomic E-state index is 11.2. The first kappa shape index (κ1) is 10.2. The van der Waals surface area contributed by atoms with E-state index in [0.717, 1.165) is 0 Å². The van der Waals surface area contributed by atoms with Crippen molar-refractivity contribution in [1.29, 1.82) is 0 Å². The first-order chi connectivity index (χ1) is 7.61. The fourth-order valence-corrected chi connectivity index (χ4v) is 1.44. The minimum absolute atomic E-state index is 0.0768. The van der Waals surface area contributed by atoms with Crippen molar-refractivity contribution in [2.24, 2.45) is 0 Å². The molecule has 0 amide bonds. The summed E-state index contributed by atoms with van der Waals surface area (Å²) in [6, 6.07) is 4.09. The van der Waals surface area contributed by atoms with E-state index in [1.807, 2.05) is 0 Å². The Morgan fingerprint density at radius 3 is 2.75 bits per heavy atom. The lowest BCUT2D eigenvalue weighted by Gasteiger charge is -2.03. The van der Waals surface area contributed by atoms with Crippen LogP contribution in [0.2, 0.25) is 0 Å². The molecule has 16 heavy (non-hydrogen) atoms. The molecule has 1 aromatic carbocycles. The molecule has 0 radical (unpaired) electrons. The molecule has 0 saturated carbocycles. The standard InChI is InChI=1S/C11H9NO4/c1-16-11(15)9-3-6-2-7(13)4-10(14)8(6)5-12-9/h2-5,13-14H,1H3. The molecule has 0 aliphatic rings. The predicted octanol–water partition coefficient (Wildman–Crippen LogP) is 1.43. The molecule has 5 heteroatoms. The molecule has 0 atom stereocenters. The summed E-state index contributed by atoms with van der Waals surface area (Å²) in [4.78, 5) is 15.1. The molecule has 2 rings (SSSR count). The van der Waals surface area contributed by atoms with Crippen molar-refractivity contribution in [3.05, 3.63) is 30.1 Å².